The average molecular weight is 304 g/mol. The van der Waals surface area contributed by atoms with Crippen molar-refractivity contribution in [3.63, 3.8) is 0 Å². The van der Waals surface area contributed by atoms with Gasteiger partial charge in [0.1, 0.15) is 0 Å². The van der Waals surface area contributed by atoms with Crippen molar-refractivity contribution in [2.45, 2.75) is 12.3 Å². The lowest BCUT2D eigenvalue weighted by molar-refractivity contribution is -0.139. The number of benzene rings is 2. The largest absolute Gasteiger partial charge is 0.481 e. The fourth-order valence-corrected chi connectivity index (χ4v) is 2.04. The van der Waals surface area contributed by atoms with Gasteiger partial charge < -0.3 is 21.7 Å². The van der Waals surface area contributed by atoms with Gasteiger partial charge in [-0.3, -0.25) is 9.59 Å². The zero-order valence-electron chi connectivity index (χ0n) is 12.1. The Balaban J connectivity index is 0.000000346. The van der Waals surface area contributed by atoms with E-state index >= 15 is 0 Å². The first-order valence-corrected chi connectivity index (χ1v) is 6.83. The maximum absolute atomic E-state index is 11.1. The lowest BCUT2D eigenvalue weighted by Gasteiger charge is -2.12. The van der Waals surface area contributed by atoms with Gasteiger partial charge in [-0.2, -0.15) is 0 Å². The van der Waals surface area contributed by atoms with Crippen LogP contribution in [0.2, 0.25) is 0 Å². The third-order valence-electron chi connectivity index (χ3n) is 3.09. The number of hydrogen-bond acceptors (Lipinski definition) is 4. The molecular formula is C16H20N2O4. The van der Waals surface area contributed by atoms with Crippen LogP contribution in [0.25, 0.3) is 10.8 Å². The van der Waals surface area contributed by atoms with Gasteiger partial charge in [0, 0.05) is 13.1 Å². The molecule has 22 heavy (non-hydrogen) atoms. The van der Waals surface area contributed by atoms with Gasteiger partial charge in [0.15, 0.2) is 0 Å². The molecule has 1 unspecified atom stereocenters. The second kappa shape index (κ2) is 8.76. The van der Waals surface area contributed by atoms with Crippen LogP contribution in [0.3, 0.4) is 0 Å². The maximum atomic E-state index is 11.1. The molecule has 0 aliphatic heterocycles. The van der Waals surface area contributed by atoms with Crippen molar-refractivity contribution >= 4 is 22.7 Å². The van der Waals surface area contributed by atoms with Crippen molar-refractivity contribution < 1.29 is 19.8 Å². The standard InChI is InChI=1S/C13H13NO2.C3H7NO2/c14-8-12(13(15)16)11-7-3-5-9-4-1-2-6-10(9)11;4-2-1-3(5)6/h1-7,12H,8,14H2,(H,15,16);1-2,4H2,(H,5,6). The molecule has 0 aliphatic rings. The number of carboxylic acids is 2. The van der Waals surface area contributed by atoms with E-state index in [1.54, 1.807) is 0 Å². The third-order valence-corrected chi connectivity index (χ3v) is 3.09. The van der Waals surface area contributed by atoms with Crippen LogP contribution in [-0.2, 0) is 9.59 Å². The molecule has 2 rings (SSSR count). The van der Waals surface area contributed by atoms with Crippen LogP contribution in [0.4, 0.5) is 0 Å². The molecule has 0 fully saturated rings. The van der Waals surface area contributed by atoms with Gasteiger partial charge in [-0.25, -0.2) is 0 Å². The van der Waals surface area contributed by atoms with Crippen LogP contribution in [0, 0.1) is 0 Å². The smallest absolute Gasteiger partial charge is 0.312 e. The molecule has 2 aromatic rings. The first-order chi connectivity index (χ1) is 10.5. The molecule has 0 radical (unpaired) electrons. The Morgan fingerprint density at radius 1 is 1.00 bits per heavy atom. The highest BCUT2D eigenvalue weighted by molar-refractivity contribution is 5.90. The Kier molecular flexibility index (Phi) is 7.01. The Morgan fingerprint density at radius 2 is 1.64 bits per heavy atom. The van der Waals surface area contributed by atoms with Gasteiger partial charge in [-0.05, 0) is 16.3 Å². The summed E-state index contributed by atoms with van der Waals surface area (Å²) in [4.78, 5) is 20.6. The summed E-state index contributed by atoms with van der Waals surface area (Å²) in [5, 5.41) is 18.9. The van der Waals surface area contributed by atoms with Gasteiger partial charge in [0.05, 0.1) is 12.3 Å². The fourth-order valence-electron chi connectivity index (χ4n) is 2.04. The number of nitrogens with two attached hydrogens (primary N) is 2. The summed E-state index contributed by atoms with van der Waals surface area (Å²) < 4.78 is 0. The molecule has 0 saturated carbocycles. The third kappa shape index (κ3) is 4.83. The van der Waals surface area contributed by atoms with E-state index in [-0.39, 0.29) is 19.5 Å². The Labute approximate surface area is 128 Å². The average Bonchev–Trinajstić information content (AvgIpc) is 2.48. The second-order valence-electron chi connectivity index (χ2n) is 4.63. The highest BCUT2D eigenvalue weighted by Gasteiger charge is 2.19. The molecule has 0 aromatic heterocycles. The molecule has 0 saturated heterocycles. The molecule has 6 N–H and O–H groups in total. The van der Waals surface area contributed by atoms with Crippen molar-refractivity contribution in [3.8, 4) is 0 Å². The molecule has 0 aliphatic carbocycles. The van der Waals surface area contributed by atoms with Crippen LogP contribution in [0.15, 0.2) is 42.5 Å². The molecule has 0 bridgehead atoms. The van der Waals surface area contributed by atoms with E-state index in [4.69, 9.17) is 21.7 Å². The van der Waals surface area contributed by atoms with E-state index in [2.05, 4.69) is 0 Å². The number of carbonyl (C=O) groups is 2. The fraction of sp³-hybridized carbons (Fsp3) is 0.250. The highest BCUT2D eigenvalue weighted by atomic mass is 16.4. The number of hydrogen-bond donors (Lipinski definition) is 4. The van der Waals surface area contributed by atoms with Crippen LogP contribution in [0.1, 0.15) is 17.9 Å². The van der Waals surface area contributed by atoms with Crippen LogP contribution >= 0.6 is 0 Å². The second-order valence-corrected chi connectivity index (χ2v) is 4.63. The van der Waals surface area contributed by atoms with E-state index in [0.29, 0.717) is 0 Å². The van der Waals surface area contributed by atoms with Gasteiger partial charge in [0.25, 0.3) is 0 Å². The molecule has 0 spiro atoms. The molecule has 2 aromatic carbocycles. The normalized spacial score (nSPS) is 11.4. The van der Waals surface area contributed by atoms with Crippen molar-refractivity contribution in [1.29, 1.82) is 0 Å². The maximum Gasteiger partial charge on any atom is 0.312 e. The van der Waals surface area contributed by atoms with Crippen molar-refractivity contribution in [2.24, 2.45) is 11.5 Å². The molecular weight excluding hydrogens is 284 g/mol. The van der Waals surface area contributed by atoms with E-state index in [1.807, 2.05) is 42.5 Å². The van der Waals surface area contributed by atoms with Gasteiger partial charge in [0.2, 0.25) is 0 Å². The number of carboxylic acid groups (broad SMARTS) is 2. The summed E-state index contributed by atoms with van der Waals surface area (Å²) in [5.41, 5.74) is 11.1. The van der Waals surface area contributed by atoms with Gasteiger partial charge >= 0.3 is 11.9 Å². The van der Waals surface area contributed by atoms with E-state index in [0.717, 1.165) is 16.3 Å². The SMILES string of the molecule is NCC(C(=O)O)c1cccc2ccccc12.NCCC(=O)O. The van der Waals surface area contributed by atoms with Crippen LogP contribution in [-0.4, -0.2) is 35.2 Å². The summed E-state index contributed by atoms with van der Waals surface area (Å²) in [6, 6.07) is 13.4. The topological polar surface area (TPSA) is 127 Å². The predicted octanol–water partition coefficient (Wildman–Crippen LogP) is 1.39. The molecule has 118 valence electrons. The molecule has 6 nitrogen and oxygen atoms in total. The molecule has 1 atom stereocenters. The minimum atomic E-state index is -0.876. The van der Waals surface area contributed by atoms with Crippen molar-refractivity contribution in [1.82, 2.24) is 0 Å². The molecule has 6 heteroatoms. The first kappa shape index (κ1) is 17.6. The zero-order chi connectivity index (χ0) is 16.5. The summed E-state index contributed by atoms with van der Waals surface area (Å²) in [7, 11) is 0. The lowest BCUT2D eigenvalue weighted by Crippen LogP contribution is -2.21. The first-order valence-electron chi connectivity index (χ1n) is 6.83. The highest BCUT2D eigenvalue weighted by Crippen LogP contribution is 2.25. The summed E-state index contributed by atoms with van der Waals surface area (Å²) in [6.07, 6.45) is 0.0694. The summed E-state index contributed by atoms with van der Waals surface area (Å²) >= 11 is 0. The zero-order valence-corrected chi connectivity index (χ0v) is 12.1. The molecule has 0 heterocycles. The molecule has 0 amide bonds. The van der Waals surface area contributed by atoms with Gasteiger partial charge in [-0.15, -0.1) is 0 Å². The van der Waals surface area contributed by atoms with Crippen LogP contribution in [0.5, 0.6) is 0 Å². The predicted molar refractivity (Wildman–Crippen MR) is 84.7 cm³/mol. The van der Waals surface area contributed by atoms with E-state index in [9.17, 15) is 9.59 Å². The summed E-state index contributed by atoms with van der Waals surface area (Å²) in [6.45, 7) is 0.346. The van der Waals surface area contributed by atoms with Crippen molar-refractivity contribution in [3.05, 3.63) is 48.0 Å². The Morgan fingerprint density at radius 3 is 2.14 bits per heavy atom. The Bertz CT molecular complexity index is 638. The lowest BCUT2D eigenvalue weighted by atomic mass is 9.93. The van der Waals surface area contributed by atoms with E-state index in [1.165, 1.54) is 0 Å². The van der Waals surface area contributed by atoms with Crippen molar-refractivity contribution in [2.75, 3.05) is 13.1 Å². The number of rotatable bonds is 5. The van der Waals surface area contributed by atoms with Gasteiger partial charge in [-0.1, -0.05) is 42.5 Å². The summed E-state index contributed by atoms with van der Waals surface area (Å²) in [5.74, 6) is -2.34. The number of fused-ring (bicyclic) bond motifs is 1. The minimum Gasteiger partial charge on any atom is -0.481 e. The van der Waals surface area contributed by atoms with E-state index < -0.39 is 17.9 Å². The number of aliphatic carboxylic acids is 2. The minimum absolute atomic E-state index is 0.0694. The Hall–Kier alpha value is -2.44. The quantitative estimate of drug-likeness (QED) is 0.661. The monoisotopic (exact) mass is 304 g/mol. The van der Waals surface area contributed by atoms with Crippen LogP contribution < -0.4 is 11.5 Å².